The third kappa shape index (κ3) is 2.59. The summed E-state index contributed by atoms with van der Waals surface area (Å²) in [5.74, 6) is -1.20. The van der Waals surface area contributed by atoms with Gasteiger partial charge in [0.1, 0.15) is 6.33 Å². The van der Waals surface area contributed by atoms with Crippen molar-refractivity contribution in [2.24, 2.45) is 7.05 Å². The molecule has 0 saturated heterocycles. The van der Waals surface area contributed by atoms with Crippen molar-refractivity contribution in [3.05, 3.63) is 35.7 Å². The molecule has 9 heteroatoms. The van der Waals surface area contributed by atoms with Crippen molar-refractivity contribution in [3.8, 4) is 0 Å². The fourth-order valence-electron chi connectivity index (χ4n) is 1.61. The van der Waals surface area contributed by atoms with E-state index in [1.165, 1.54) is 10.9 Å². The van der Waals surface area contributed by atoms with Gasteiger partial charge in [0.05, 0.1) is 17.7 Å². The predicted octanol–water partition coefficient (Wildman–Crippen LogP) is 1.38. The van der Waals surface area contributed by atoms with E-state index in [4.69, 9.17) is 5.11 Å². The molecule has 0 aliphatic carbocycles. The Balaban J connectivity index is 2.39. The molecular weight excluding hydrogens is 265 g/mol. The quantitative estimate of drug-likeness (QED) is 0.917. The Morgan fingerprint density at radius 3 is 2.53 bits per heavy atom. The topological polar surface area (TPSA) is 72.9 Å². The van der Waals surface area contributed by atoms with Gasteiger partial charge in [-0.2, -0.15) is 13.2 Å². The van der Waals surface area contributed by atoms with Gasteiger partial charge in [-0.25, -0.2) is 4.79 Å². The number of nitrogens with zero attached hydrogens (tertiary/aromatic N) is 4. The lowest BCUT2D eigenvalue weighted by molar-refractivity contribution is -0.138. The molecule has 0 atom stereocenters. The van der Waals surface area contributed by atoms with Crippen molar-refractivity contribution in [3.63, 3.8) is 0 Å². The smallest absolute Gasteiger partial charge is 0.418 e. The average Bonchev–Trinajstić information content (AvgIpc) is 2.86. The Kier molecular flexibility index (Phi) is 3.05. The van der Waals surface area contributed by atoms with Gasteiger partial charge >= 0.3 is 12.1 Å². The summed E-state index contributed by atoms with van der Waals surface area (Å²) in [7, 11) is 1.64. The van der Waals surface area contributed by atoms with Gasteiger partial charge in [-0.3, -0.25) is 0 Å². The van der Waals surface area contributed by atoms with Gasteiger partial charge in [0.2, 0.25) is 0 Å². The van der Waals surface area contributed by atoms with Crippen molar-refractivity contribution in [2.75, 3.05) is 0 Å². The van der Waals surface area contributed by atoms with Gasteiger partial charge in [-0.05, 0) is 0 Å². The first-order chi connectivity index (χ1) is 8.79. The SMILES string of the molecule is Cn1cnnc1Cn1cc(C(=O)O)c(C(F)(F)F)c1. The second-order valence-corrected chi connectivity index (χ2v) is 3.92. The first-order valence-electron chi connectivity index (χ1n) is 5.12. The maximum absolute atomic E-state index is 12.7. The molecule has 0 aromatic carbocycles. The van der Waals surface area contributed by atoms with Crippen LogP contribution in [0, 0.1) is 0 Å². The largest absolute Gasteiger partial charge is 0.478 e. The monoisotopic (exact) mass is 274 g/mol. The third-order valence-electron chi connectivity index (χ3n) is 2.54. The van der Waals surface area contributed by atoms with E-state index in [1.54, 1.807) is 7.05 Å². The Labute approximate surface area is 105 Å². The molecule has 2 aromatic heterocycles. The maximum atomic E-state index is 12.7. The van der Waals surface area contributed by atoms with Gasteiger partial charge in [0, 0.05) is 19.4 Å². The van der Waals surface area contributed by atoms with Crippen molar-refractivity contribution in [2.45, 2.75) is 12.7 Å². The molecule has 0 radical (unpaired) electrons. The van der Waals surface area contributed by atoms with E-state index in [9.17, 15) is 18.0 Å². The Morgan fingerprint density at radius 2 is 2.11 bits per heavy atom. The van der Waals surface area contributed by atoms with Crippen LogP contribution in [0.25, 0.3) is 0 Å². The minimum Gasteiger partial charge on any atom is -0.478 e. The minimum atomic E-state index is -4.71. The molecule has 2 aromatic rings. The number of rotatable bonds is 3. The highest BCUT2D eigenvalue weighted by molar-refractivity contribution is 5.89. The maximum Gasteiger partial charge on any atom is 0.418 e. The van der Waals surface area contributed by atoms with Gasteiger partial charge in [-0.15, -0.1) is 10.2 Å². The fourth-order valence-corrected chi connectivity index (χ4v) is 1.61. The lowest BCUT2D eigenvalue weighted by atomic mass is 10.2. The summed E-state index contributed by atoms with van der Waals surface area (Å²) < 4.78 is 40.7. The summed E-state index contributed by atoms with van der Waals surface area (Å²) >= 11 is 0. The molecule has 102 valence electrons. The first-order valence-corrected chi connectivity index (χ1v) is 5.12. The zero-order chi connectivity index (χ0) is 14.2. The fraction of sp³-hybridized carbons (Fsp3) is 0.300. The van der Waals surface area contributed by atoms with E-state index in [-0.39, 0.29) is 6.54 Å². The summed E-state index contributed by atoms with van der Waals surface area (Å²) in [5, 5.41) is 16.1. The molecule has 0 unspecified atom stereocenters. The molecule has 1 N–H and O–H groups in total. The molecule has 2 rings (SSSR count). The zero-order valence-electron chi connectivity index (χ0n) is 9.72. The molecule has 0 aliphatic heterocycles. The molecule has 0 bridgehead atoms. The van der Waals surface area contributed by atoms with Crippen LogP contribution in [-0.4, -0.2) is 30.4 Å². The molecule has 0 amide bonds. The summed E-state index contributed by atoms with van der Waals surface area (Å²) in [6.07, 6.45) is -1.63. The van der Waals surface area contributed by atoms with Gasteiger partial charge < -0.3 is 14.2 Å². The number of aromatic nitrogens is 4. The van der Waals surface area contributed by atoms with Crippen LogP contribution >= 0.6 is 0 Å². The van der Waals surface area contributed by atoms with Crippen LogP contribution in [0.5, 0.6) is 0 Å². The number of hydrogen-bond donors (Lipinski definition) is 1. The lowest BCUT2D eigenvalue weighted by Gasteiger charge is -2.04. The highest BCUT2D eigenvalue weighted by atomic mass is 19.4. The second-order valence-electron chi connectivity index (χ2n) is 3.92. The molecule has 2 heterocycles. The number of carboxylic acid groups (broad SMARTS) is 1. The standard InChI is InChI=1S/C10H9F3N4O2/c1-16-5-14-15-8(16)4-17-2-6(9(18)19)7(3-17)10(11,12)13/h2-3,5H,4H2,1H3,(H,18,19). The molecular formula is C10H9F3N4O2. The van der Waals surface area contributed by atoms with E-state index < -0.39 is 23.3 Å². The second kappa shape index (κ2) is 4.41. The molecule has 0 saturated carbocycles. The van der Waals surface area contributed by atoms with Crippen LogP contribution in [0.3, 0.4) is 0 Å². The van der Waals surface area contributed by atoms with Crippen LogP contribution < -0.4 is 0 Å². The van der Waals surface area contributed by atoms with Gasteiger partial charge in [0.15, 0.2) is 5.82 Å². The number of carboxylic acids is 1. The number of hydrogen-bond acceptors (Lipinski definition) is 3. The highest BCUT2D eigenvalue weighted by Gasteiger charge is 2.37. The summed E-state index contributed by atoms with van der Waals surface area (Å²) in [5.41, 5.74) is -1.96. The van der Waals surface area contributed by atoms with E-state index in [0.717, 1.165) is 17.0 Å². The van der Waals surface area contributed by atoms with Crippen LogP contribution in [0.2, 0.25) is 0 Å². The van der Waals surface area contributed by atoms with Crippen molar-refractivity contribution in [1.82, 2.24) is 19.3 Å². The number of alkyl halides is 3. The first kappa shape index (κ1) is 13.1. The summed E-state index contributed by atoms with van der Waals surface area (Å²) in [6.45, 7) is 0.00681. The van der Waals surface area contributed by atoms with Crippen molar-refractivity contribution >= 4 is 5.97 Å². The van der Waals surface area contributed by atoms with E-state index in [1.807, 2.05) is 0 Å². The van der Waals surface area contributed by atoms with E-state index >= 15 is 0 Å². The van der Waals surface area contributed by atoms with Crippen LogP contribution in [-0.2, 0) is 19.8 Å². The molecule has 0 spiro atoms. The van der Waals surface area contributed by atoms with Crippen LogP contribution in [0.1, 0.15) is 21.7 Å². The number of aromatic carboxylic acids is 1. The summed E-state index contributed by atoms with van der Waals surface area (Å²) in [6, 6.07) is 0. The van der Waals surface area contributed by atoms with E-state index in [2.05, 4.69) is 10.2 Å². The molecule has 0 fully saturated rings. The Hall–Kier alpha value is -2.32. The lowest BCUT2D eigenvalue weighted by Crippen LogP contribution is -2.09. The number of carbonyl (C=O) groups is 1. The number of halogens is 3. The number of aryl methyl sites for hydroxylation is 1. The zero-order valence-corrected chi connectivity index (χ0v) is 9.72. The molecule has 6 nitrogen and oxygen atoms in total. The Bertz CT molecular complexity index is 615. The summed E-state index contributed by atoms with van der Waals surface area (Å²) in [4.78, 5) is 10.8. The van der Waals surface area contributed by atoms with Gasteiger partial charge in [-0.1, -0.05) is 0 Å². The molecule has 19 heavy (non-hydrogen) atoms. The Morgan fingerprint density at radius 1 is 1.42 bits per heavy atom. The van der Waals surface area contributed by atoms with E-state index in [0.29, 0.717) is 5.82 Å². The molecule has 0 aliphatic rings. The average molecular weight is 274 g/mol. The normalized spacial score (nSPS) is 11.8. The predicted molar refractivity (Wildman–Crippen MR) is 56.5 cm³/mol. The van der Waals surface area contributed by atoms with Crippen LogP contribution in [0.4, 0.5) is 13.2 Å². The third-order valence-corrected chi connectivity index (χ3v) is 2.54. The van der Waals surface area contributed by atoms with Gasteiger partial charge in [0.25, 0.3) is 0 Å². The van der Waals surface area contributed by atoms with Crippen LogP contribution in [0.15, 0.2) is 18.7 Å². The minimum absolute atomic E-state index is 0.00681. The van der Waals surface area contributed by atoms with Crippen molar-refractivity contribution < 1.29 is 23.1 Å². The van der Waals surface area contributed by atoms with Crippen molar-refractivity contribution in [1.29, 1.82) is 0 Å². The highest BCUT2D eigenvalue weighted by Crippen LogP contribution is 2.32.